The summed E-state index contributed by atoms with van der Waals surface area (Å²) >= 11 is 0. The first-order valence-electron chi connectivity index (χ1n) is 7.55. The van der Waals surface area contributed by atoms with Gasteiger partial charge in [-0.25, -0.2) is 18.4 Å². The largest absolute Gasteiger partial charge is 0.370 e. The van der Waals surface area contributed by atoms with Gasteiger partial charge in [0, 0.05) is 18.7 Å². The molecule has 7 heteroatoms. The zero-order valence-corrected chi connectivity index (χ0v) is 13.5. The predicted octanol–water partition coefficient (Wildman–Crippen LogP) is 1.99. The minimum absolute atomic E-state index is 0.0442. The highest BCUT2D eigenvalue weighted by Crippen LogP contribution is 2.18. The van der Waals surface area contributed by atoms with Crippen molar-refractivity contribution in [3.05, 3.63) is 11.9 Å². The Bertz CT molecular complexity index is 574. The monoisotopic (exact) mass is 312 g/mol. The van der Waals surface area contributed by atoms with Gasteiger partial charge < -0.3 is 10.6 Å². The summed E-state index contributed by atoms with van der Waals surface area (Å²) in [5.41, 5.74) is 0. The van der Waals surface area contributed by atoms with Crippen LogP contribution in [0.25, 0.3) is 0 Å². The molecular weight excluding hydrogens is 288 g/mol. The van der Waals surface area contributed by atoms with Crippen LogP contribution in [0.5, 0.6) is 0 Å². The minimum Gasteiger partial charge on any atom is -0.370 e. The van der Waals surface area contributed by atoms with Crippen molar-refractivity contribution < 1.29 is 8.42 Å². The third kappa shape index (κ3) is 5.15. The average molecular weight is 312 g/mol. The van der Waals surface area contributed by atoms with Gasteiger partial charge in [0.2, 0.25) is 0 Å². The van der Waals surface area contributed by atoms with Crippen LogP contribution in [-0.4, -0.2) is 42.5 Å². The molecule has 6 nitrogen and oxygen atoms in total. The molecule has 1 aliphatic rings. The van der Waals surface area contributed by atoms with E-state index < -0.39 is 9.84 Å². The summed E-state index contributed by atoms with van der Waals surface area (Å²) in [6, 6.07) is 1.81. The van der Waals surface area contributed by atoms with E-state index in [1.165, 1.54) is 12.8 Å². The van der Waals surface area contributed by atoms with E-state index >= 15 is 0 Å². The van der Waals surface area contributed by atoms with Gasteiger partial charge >= 0.3 is 0 Å². The highest BCUT2D eigenvalue weighted by atomic mass is 32.2. The van der Waals surface area contributed by atoms with Gasteiger partial charge in [0.1, 0.15) is 17.5 Å². The third-order valence-electron chi connectivity index (χ3n) is 3.51. The van der Waals surface area contributed by atoms with Crippen LogP contribution in [0.4, 0.5) is 11.6 Å². The van der Waals surface area contributed by atoms with Gasteiger partial charge in [-0.15, -0.1) is 0 Å². The topological polar surface area (TPSA) is 84.0 Å². The minimum atomic E-state index is -2.88. The summed E-state index contributed by atoms with van der Waals surface area (Å²) in [6.45, 7) is 4.90. The molecule has 0 aliphatic carbocycles. The Balaban J connectivity index is 1.95. The molecule has 1 aromatic rings. The standard InChI is InChI=1S/C14H24N4O2S/c1-3-4-5-7-15-13-9-14(17-11(2)16-13)18-12-6-8-21(19,20)10-12/h9,12H,3-8,10H2,1-2H3,(H2,15,16,17,18). The number of aromatic nitrogens is 2. The molecule has 1 unspecified atom stereocenters. The highest BCUT2D eigenvalue weighted by Gasteiger charge is 2.28. The molecule has 1 aromatic heterocycles. The molecule has 0 bridgehead atoms. The van der Waals surface area contributed by atoms with Crippen molar-refractivity contribution in [2.75, 3.05) is 28.7 Å². The lowest BCUT2D eigenvalue weighted by molar-refractivity contribution is 0.602. The van der Waals surface area contributed by atoms with Gasteiger partial charge in [-0.1, -0.05) is 19.8 Å². The van der Waals surface area contributed by atoms with E-state index in [0.717, 1.165) is 18.8 Å². The number of nitrogens with one attached hydrogen (secondary N) is 2. The molecule has 0 amide bonds. The summed E-state index contributed by atoms with van der Waals surface area (Å²) in [7, 11) is -2.88. The number of aryl methyl sites for hydroxylation is 1. The SMILES string of the molecule is CCCCCNc1cc(NC2CCS(=O)(=O)C2)nc(C)n1. The normalized spacial score (nSPS) is 20.4. The molecule has 118 valence electrons. The lowest BCUT2D eigenvalue weighted by Gasteiger charge is -2.13. The number of nitrogens with zero attached hydrogens (tertiary/aromatic N) is 2. The first kappa shape index (κ1) is 16.0. The van der Waals surface area contributed by atoms with Gasteiger partial charge in [-0.3, -0.25) is 0 Å². The molecule has 1 aliphatic heterocycles. The molecule has 0 radical (unpaired) electrons. The second-order valence-electron chi connectivity index (χ2n) is 5.56. The van der Waals surface area contributed by atoms with Crippen LogP contribution in [0, 0.1) is 6.92 Å². The molecule has 1 saturated heterocycles. The second-order valence-corrected chi connectivity index (χ2v) is 7.79. The van der Waals surface area contributed by atoms with E-state index in [0.29, 0.717) is 18.1 Å². The molecule has 0 spiro atoms. The summed E-state index contributed by atoms with van der Waals surface area (Å²) in [6.07, 6.45) is 4.14. The number of unbranched alkanes of at least 4 members (excludes halogenated alkanes) is 2. The van der Waals surface area contributed by atoms with Gasteiger partial charge in [-0.05, 0) is 19.8 Å². The fourth-order valence-corrected chi connectivity index (χ4v) is 4.11. The van der Waals surface area contributed by atoms with Crippen molar-refractivity contribution in [1.82, 2.24) is 9.97 Å². The van der Waals surface area contributed by atoms with Crippen LogP contribution in [0.15, 0.2) is 6.07 Å². The molecule has 0 saturated carbocycles. The predicted molar refractivity (Wildman–Crippen MR) is 85.5 cm³/mol. The van der Waals surface area contributed by atoms with Crippen LogP contribution < -0.4 is 10.6 Å². The first-order chi connectivity index (χ1) is 9.98. The smallest absolute Gasteiger partial charge is 0.152 e. The van der Waals surface area contributed by atoms with E-state index in [1.54, 1.807) is 0 Å². The Kier molecular flexibility index (Phi) is 5.39. The van der Waals surface area contributed by atoms with E-state index in [2.05, 4.69) is 27.5 Å². The van der Waals surface area contributed by atoms with Crippen molar-refractivity contribution >= 4 is 21.5 Å². The molecule has 21 heavy (non-hydrogen) atoms. The Labute approximate surface area is 126 Å². The van der Waals surface area contributed by atoms with E-state index in [1.807, 2.05) is 13.0 Å². The number of hydrogen-bond acceptors (Lipinski definition) is 6. The Morgan fingerprint density at radius 3 is 2.71 bits per heavy atom. The lowest BCUT2D eigenvalue weighted by atomic mass is 10.2. The molecule has 0 aromatic carbocycles. The maximum atomic E-state index is 11.5. The van der Waals surface area contributed by atoms with Crippen LogP contribution >= 0.6 is 0 Å². The molecule has 1 fully saturated rings. The first-order valence-corrected chi connectivity index (χ1v) is 9.37. The van der Waals surface area contributed by atoms with Gasteiger partial charge in [0.15, 0.2) is 9.84 Å². The summed E-state index contributed by atoms with van der Waals surface area (Å²) in [5, 5.41) is 6.50. The molecule has 2 heterocycles. The maximum Gasteiger partial charge on any atom is 0.152 e. The summed E-state index contributed by atoms with van der Waals surface area (Å²) in [4.78, 5) is 8.69. The molecule has 2 N–H and O–H groups in total. The Hall–Kier alpha value is -1.37. The van der Waals surface area contributed by atoms with Crippen LogP contribution in [-0.2, 0) is 9.84 Å². The fourth-order valence-electron chi connectivity index (χ4n) is 2.44. The summed E-state index contributed by atoms with van der Waals surface area (Å²) < 4.78 is 23.0. The lowest BCUT2D eigenvalue weighted by Crippen LogP contribution is -2.21. The number of sulfone groups is 1. The van der Waals surface area contributed by atoms with E-state index in [-0.39, 0.29) is 17.5 Å². The van der Waals surface area contributed by atoms with Gasteiger partial charge in [0.25, 0.3) is 0 Å². The summed E-state index contributed by atoms with van der Waals surface area (Å²) in [5.74, 6) is 2.62. The van der Waals surface area contributed by atoms with Crippen LogP contribution in [0.3, 0.4) is 0 Å². The van der Waals surface area contributed by atoms with Crippen LogP contribution in [0.2, 0.25) is 0 Å². The van der Waals surface area contributed by atoms with Crippen molar-refractivity contribution in [3.8, 4) is 0 Å². The van der Waals surface area contributed by atoms with Crippen molar-refractivity contribution in [2.24, 2.45) is 0 Å². The molecular formula is C14H24N4O2S. The number of rotatable bonds is 7. The number of hydrogen-bond donors (Lipinski definition) is 2. The van der Waals surface area contributed by atoms with Crippen molar-refractivity contribution in [2.45, 2.75) is 45.6 Å². The van der Waals surface area contributed by atoms with Crippen molar-refractivity contribution in [1.29, 1.82) is 0 Å². The third-order valence-corrected chi connectivity index (χ3v) is 5.28. The Morgan fingerprint density at radius 1 is 1.29 bits per heavy atom. The van der Waals surface area contributed by atoms with Gasteiger partial charge in [-0.2, -0.15) is 0 Å². The second kappa shape index (κ2) is 7.06. The maximum absolute atomic E-state index is 11.5. The van der Waals surface area contributed by atoms with Crippen molar-refractivity contribution in [3.63, 3.8) is 0 Å². The van der Waals surface area contributed by atoms with E-state index in [4.69, 9.17) is 0 Å². The zero-order chi connectivity index (χ0) is 15.3. The quantitative estimate of drug-likeness (QED) is 0.749. The van der Waals surface area contributed by atoms with Gasteiger partial charge in [0.05, 0.1) is 11.5 Å². The zero-order valence-electron chi connectivity index (χ0n) is 12.7. The Morgan fingerprint density at radius 2 is 2.05 bits per heavy atom. The molecule has 2 rings (SSSR count). The fraction of sp³-hybridized carbons (Fsp3) is 0.714. The van der Waals surface area contributed by atoms with Crippen LogP contribution in [0.1, 0.15) is 38.4 Å². The van der Waals surface area contributed by atoms with E-state index in [9.17, 15) is 8.42 Å². The molecule has 1 atom stereocenters. The number of anilines is 2. The highest BCUT2D eigenvalue weighted by molar-refractivity contribution is 7.91. The average Bonchev–Trinajstić information content (AvgIpc) is 2.73.